The number of amidine groups is 1. The number of aromatic carboxylic acids is 1. The molecule has 0 aliphatic rings. The van der Waals surface area contributed by atoms with Crippen molar-refractivity contribution in [1.82, 2.24) is 9.55 Å². The molecule has 0 fully saturated rings. The Hall–Kier alpha value is -5.09. The fraction of sp³-hybridized carbons (Fsp3) is 0.129. The first kappa shape index (κ1) is 27.5. The Kier molecular flexibility index (Phi) is 7.75. The van der Waals surface area contributed by atoms with Crippen molar-refractivity contribution in [3.05, 3.63) is 106 Å². The molecule has 3 aromatic carbocycles. The Morgan fingerprint density at radius 3 is 2.59 bits per heavy atom. The molecule has 41 heavy (non-hydrogen) atoms. The molecule has 5 aromatic rings. The molecule has 0 aliphatic heterocycles. The van der Waals surface area contributed by atoms with Gasteiger partial charge in [0.25, 0.3) is 5.56 Å². The van der Waals surface area contributed by atoms with E-state index in [0.717, 1.165) is 5.00 Å². The Balaban J connectivity index is 1.78. The number of para-hydroxylation sites is 1. The number of hydrogen-bond donors (Lipinski definition) is 2. The number of hydrogen-bond acceptors (Lipinski definition) is 7. The molecule has 0 bridgehead atoms. The summed E-state index contributed by atoms with van der Waals surface area (Å²) in [5, 5.41) is 14.7. The van der Waals surface area contributed by atoms with Gasteiger partial charge in [0.2, 0.25) is 0 Å². The van der Waals surface area contributed by atoms with Gasteiger partial charge in [-0.2, -0.15) is 0 Å². The number of benzene rings is 3. The van der Waals surface area contributed by atoms with Crippen LogP contribution >= 0.6 is 11.3 Å². The topological polar surface area (TPSA) is 118 Å². The van der Waals surface area contributed by atoms with E-state index in [9.17, 15) is 14.7 Å². The molecule has 0 aliphatic carbocycles. The standard InChI is InChI=1S/C31H27N5O4S/c1-18(35-28(32-2)27-29(33-3)41-17-34-27)25-16-19-9-8-12-24(20-13-21(31(38)39)15-23(14-20)40-4)26(19)30(37)36(25)22-10-6-5-7-11-22/h5-18,33H,2H2,1,3-4H3,(H,38,39)/t18-/m0/s1. The molecule has 0 spiro atoms. The lowest BCUT2D eigenvalue weighted by Crippen LogP contribution is -2.24. The number of pyridine rings is 1. The highest BCUT2D eigenvalue weighted by atomic mass is 32.1. The lowest BCUT2D eigenvalue weighted by atomic mass is 9.96. The zero-order valence-corrected chi connectivity index (χ0v) is 23.5. The van der Waals surface area contributed by atoms with Gasteiger partial charge in [-0.1, -0.05) is 36.4 Å². The second-order valence-corrected chi connectivity index (χ2v) is 9.99. The van der Waals surface area contributed by atoms with Gasteiger partial charge in [-0.3, -0.25) is 14.4 Å². The van der Waals surface area contributed by atoms with Gasteiger partial charge in [-0.25, -0.2) is 14.8 Å². The van der Waals surface area contributed by atoms with Gasteiger partial charge in [-0.15, -0.1) is 11.3 Å². The van der Waals surface area contributed by atoms with Crippen LogP contribution in [0, 0.1) is 0 Å². The van der Waals surface area contributed by atoms with Crippen molar-refractivity contribution in [3.8, 4) is 22.6 Å². The van der Waals surface area contributed by atoms with Crippen LogP contribution in [0.3, 0.4) is 0 Å². The third-order valence-corrected chi connectivity index (χ3v) is 7.53. The van der Waals surface area contributed by atoms with E-state index in [4.69, 9.17) is 9.73 Å². The lowest BCUT2D eigenvalue weighted by Gasteiger charge is -2.19. The smallest absolute Gasteiger partial charge is 0.335 e. The molecule has 10 heteroatoms. The number of carbonyl (C=O) groups is 1. The van der Waals surface area contributed by atoms with Crippen LogP contribution in [0.4, 0.5) is 5.00 Å². The van der Waals surface area contributed by atoms with Crippen LogP contribution in [0.5, 0.6) is 5.75 Å². The van der Waals surface area contributed by atoms with Crippen molar-refractivity contribution in [2.24, 2.45) is 9.98 Å². The van der Waals surface area contributed by atoms with Gasteiger partial charge < -0.3 is 15.2 Å². The minimum absolute atomic E-state index is 0.0618. The lowest BCUT2D eigenvalue weighted by molar-refractivity contribution is 0.0696. The zero-order valence-electron chi connectivity index (χ0n) is 22.7. The summed E-state index contributed by atoms with van der Waals surface area (Å²) in [4.78, 5) is 39.6. The predicted molar refractivity (Wildman–Crippen MR) is 165 cm³/mol. The van der Waals surface area contributed by atoms with Crippen molar-refractivity contribution < 1.29 is 14.6 Å². The second kappa shape index (κ2) is 11.6. The molecule has 206 valence electrons. The maximum absolute atomic E-state index is 14.4. The van der Waals surface area contributed by atoms with Gasteiger partial charge in [0.05, 0.1) is 35.3 Å². The number of carboxylic acids is 1. The Labute approximate surface area is 240 Å². The van der Waals surface area contributed by atoms with Gasteiger partial charge in [0.15, 0.2) is 5.84 Å². The van der Waals surface area contributed by atoms with Crippen LogP contribution in [-0.2, 0) is 0 Å². The number of rotatable bonds is 8. The van der Waals surface area contributed by atoms with Crippen LogP contribution in [0.15, 0.2) is 93.1 Å². The van der Waals surface area contributed by atoms with Crippen molar-refractivity contribution >= 4 is 45.6 Å². The number of nitrogens with zero attached hydrogens (tertiary/aromatic N) is 4. The summed E-state index contributed by atoms with van der Waals surface area (Å²) in [5.41, 5.74) is 4.55. The number of thiazole rings is 1. The first-order valence-electron chi connectivity index (χ1n) is 12.7. The predicted octanol–water partition coefficient (Wildman–Crippen LogP) is 6.07. The van der Waals surface area contributed by atoms with Crippen molar-refractivity contribution in [3.63, 3.8) is 0 Å². The van der Waals surface area contributed by atoms with Crippen LogP contribution in [0.1, 0.15) is 34.7 Å². The van der Waals surface area contributed by atoms with E-state index in [0.29, 0.717) is 50.6 Å². The highest BCUT2D eigenvalue weighted by molar-refractivity contribution is 7.14. The molecule has 2 heterocycles. The largest absolute Gasteiger partial charge is 0.497 e. The number of anilines is 1. The highest BCUT2D eigenvalue weighted by Gasteiger charge is 2.21. The Morgan fingerprint density at radius 2 is 1.90 bits per heavy atom. The van der Waals surface area contributed by atoms with Crippen LogP contribution < -0.4 is 15.6 Å². The van der Waals surface area contributed by atoms with E-state index in [1.165, 1.54) is 24.5 Å². The van der Waals surface area contributed by atoms with E-state index in [2.05, 4.69) is 22.0 Å². The summed E-state index contributed by atoms with van der Waals surface area (Å²) in [6.45, 7) is 5.59. The quantitative estimate of drug-likeness (QED) is 0.174. The molecule has 0 saturated heterocycles. The molecule has 9 nitrogen and oxygen atoms in total. The molecule has 5 rings (SSSR count). The van der Waals surface area contributed by atoms with Crippen LogP contribution in [0.25, 0.3) is 27.6 Å². The minimum atomic E-state index is -1.09. The number of aliphatic imine (C=N–C) groups is 2. The van der Waals surface area contributed by atoms with E-state index < -0.39 is 12.0 Å². The molecular formula is C31H27N5O4S. The van der Waals surface area contributed by atoms with E-state index in [1.54, 1.807) is 29.3 Å². The second-order valence-electron chi connectivity index (χ2n) is 9.14. The van der Waals surface area contributed by atoms with E-state index in [-0.39, 0.29) is 11.1 Å². The van der Waals surface area contributed by atoms with Crippen LogP contribution in [0.2, 0.25) is 0 Å². The van der Waals surface area contributed by atoms with Gasteiger partial charge in [0.1, 0.15) is 16.4 Å². The summed E-state index contributed by atoms with van der Waals surface area (Å²) in [7, 11) is 3.28. The van der Waals surface area contributed by atoms with Gasteiger partial charge >= 0.3 is 5.97 Å². The molecule has 2 N–H and O–H groups in total. The van der Waals surface area contributed by atoms with Crippen molar-refractivity contribution in [2.75, 3.05) is 19.5 Å². The van der Waals surface area contributed by atoms with Gasteiger partial charge in [0, 0.05) is 12.7 Å². The SMILES string of the molecule is C=NC(=N[C@@H](C)c1cc2cccc(-c3cc(OC)cc(C(=O)O)c3)c2c(=O)n1-c1ccccc1)c1ncsc1NC. The Bertz CT molecular complexity index is 1860. The third-order valence-electron chi connectivity index (χ3n) is 6.69. The zero-order chi connectivity index (χ0) is 29.1. The average Bonchev–Trinajstić information content (AvgIpc) is 3.48. The van der Waals surface area contributed by atoms with Crippen molar-refractivity contribution in [1.29, 1.82) is 0 Å². The molecule has 0 amide bonds. The number of ether oxygens (including phenoxy) is 1. The van der Waals surface area contributed by atoms with E-state index in [1.807, 2.05) is 61.5 Å². The fourth-order valence-corrected chi connectivity index (χ4v) is 5.42. The molecule has 0 radical (unpaired) electrons. The summed E-state index contributed by atoms with van der Waals surface area (Å²) in [6, 6.07) is 21.0. The normalized spacial score (nSPS) is 12.2. The third kappa shape index (κ3) is 5.24. The molecular weight excluding hydrogens is 538 g/mol. The fourth-order valence-electron chi connectivity index (χ4n) is 4.78. The van der Waals surface area contributed by atoms with Gasteiger partial charge in [-0.05, 0) is 66.6 Å². The monoisotopic (exact) mass is 565 g/mol. The minimum Gasteiger partial charge on any atom is -0.497 e. The number of methoxy groups -OCH3 is 1. The Morgan fingerprint density at radius 1 is 1.12 bits per heavy atom. The maximum Gasteiger partial charge on any atom is 0.335 e. The van der Waals surface area contributed by atoms with Crippen molar-refractivity contribution in [2.45, 2.75) is 13.0 Å². The summed E-state index contributed by atoms with van der Waals surface area (Å²) in [6.07, 6.45) is 0. The number of fused-ring (bicyclic) bond motifs is 1. The summed E-state index contributed by atoms with van der Waals surface area (Å²) in [5.74, 6) is -0.344. The first-order chi connectivity index (χ1) is 19.9. The molecule has 2 aromatic heterocycles. The summed E-state index contributed by atoms with van der Waals surface area (Å²) < 4.78 is 7.00. The highest BCUT2D eigenvalue weighted by Crippen LogP contribution is 2.33. The van der Waals surface area contributed by atoms with Crippen LogP contribution in [-0.4, -0.2) is 47.3 Å². The average molecular weight is 566 g/mol. The number of carboxylic acid groups (broad SMARTS) is 1. The first-order valence-corrected chi connectivity index (χ1v) is 13.6. The summed E-state index contributed by atoms with van der Waals surface area (Å²) >= 11 is 1.43. The molecule has 0 saturated carbocycles. The number of aromatic nitrogens is 2. The molecule has 0 unspecified atom stereocenters. The van der Waals surface area contributed by atoms with E-state index >= 15 is 0 Å². The maximum atomic E-state index is 14.4. The molecule has 1 atom stereocenters. The number of nitrogens with one attached hydrogen (secondary N) is 1.